The number of aryl methyl sites for hydroxylation is 1. The van der Waals surface area contributed by atoms with Crippen LogP contribution in [-0.4, -0.2) is 17.8 Å². The van der Waals surface area contributed by atoms with Crippen LogP contribution in [0.2, 0.25) is 5.02 Å². The standard InChI is InChI=1S/C14H12ClF3N2O2/c15-10-7-9(1-3-11(10)22-14(16,17)18)2-4-12(21)20-13(8-19)5-6-13/h1,3,7H,2,4-6H2,(H,20,21). The number of rotatable bonds is 5. The van der Waals surface area contributed by atoms with Crippen LogP contribution < -0.4 is 10.1 Å². The first kappa shape index (κ1) is 16.4. The summed E-state index contributed by atoms with van der Waals surface area (Å²) in [5.74, 6) is -0.755. The highest BCUT2D eigenvalue weighted by Gasteiger charge is 2.44. The van der Waals surface area contributed by atoms with Gasteiger partial charge in [-0.05, 0) is 37.0 Å². The highest BCUT2D eigenvalue weighted by Crippen LogP contribution is 2.34. The highest BCUT2D eigenvalue weighted by atomic mass is 35.5. The van der Waals surface area contributed by atoms with Gasteiger partial charge in [-0.25, -0.2) is 0 Å². The first-order valence-electron chi connectivity index (χ1n) is 6.49. The molecule has 1 aromatic rings. The number of benzene rings is 1. The van der Waals surface area contributed by atoms with Gasteiger partial charge in [0.15, 0.2) is 0 Å². The summed E-state index contributed by atoms with van der Waals surface area (Å²) in [7, 11) is 0. The summed E-state index contributed by atoms with van der Waals surface area (Å²) in [6.07, 6.45) is -3.09. The van der Waals surface area contributed by atoms with E-state index in [9.17, 15) is 18.0 Å². The van der Waals surface area contributed by atoms with Crippen molar-refractivity contribution in [2.75, 3.05) is 0 Å². The van der Waals surface area contributed by atoms with Gasteiger partial charge in [-0.15, -0.1) is 13.2 Å². The molecule has 4 nitrogen and oxygen atoms in total. The maximum absolute atomic E-state index is 12.1. The summed E-state index contributed by atoms with van der Waals surface area (Å²) in [4.78, 5) is 11.7. The van der Waals surface area contributed by atoms with E-state index in [0.29, 0.717) is 24.8 Å². The van der Waals surface area contributed by atoms with E-state index in [-0.39, 0.29) is 17.4 Å². The summed E-state index contributed by atoms with van der Waals surface area (Å²) in [5.41, 5.74) is -0.115. The van der Waals surface area contributed by atoms with Crippen LogP contribution in [0.5, 0.6) is 5.75 Å². The van der Waals surface area contributed by atoms with E-state index in [1.54, 1.807) is 0 Å². The molecule has 1 aliphatic carbocycles. The molecule has 0 atom stereocenters. The number of ether oxygens (including phenoxy) is 1. The van der Waals surface area contributed by atoms with Gasteiger partial charge in [-0.2, -0.15) is 5.26 Å². The highest BCUT2D eigenvalue weighted by molar-refractivity contribution is 6.32. The Kier molecular flexibility index (Phi) is 4.52. The maximum Gasteiger partial charge on any atom is 0.573 e. The van der Waals surface area contributed by atoms with Gasteiger partial charge in [0.25, 0.3) is 0 Å². The fourth-order valence-electron chi connectivity index (χ4n) is 1.88. The van der Waals surface area contributed by atoms with Crippen LogP contribution in [0.3, 0.4) is 0 Å². The molecule has 0 radical (unpaired) electrons. The second-order valence-corrected chi connectivity index (χ2v) is 5.46. The molecule has 0 bridgehead atoms. The van der Waals surface area contributed by atoms with Gasteiger partial charge in [-0.3, -0.25) is 4.79 Å². The fraction of sp³-hybridized carbons (Fsp3) is 0.429. The van der Waals surface area contributed by atoms with Crippen molar-refractivity contribution in [2.24, 2.45) is 0 Å². The van der Waals surface area contributed by atoms with Crippen LogP contribution in [0, 0.1) is 11.3 Å². The van der Waals surface area contributed by atoms with E-state index in [0.717, 1.165) is 6.07 Å². The molecule has 1 aliphatic rings. The largest absolute Gasteiger partial charge is 0.573 e. The number of hydrogen-bond donors (Lipinski definition) is 1. The predicted molar refractivity (Wildman–Crippen MR) is 72.2 cm³/mol. The Balaban J connectivity index is 1.90. The van der Waals surface area contributed by atoms with Crippen LogP contribution in [0.4, 0.5) is 13.2 Å². The first-order valence-corrected chi connectivity index (χ1v) is 6.87. The van der Waals surface area contributed by atoms with Crippen molar-refractivity contribution in [2.45, 2.75) is 37.6 Å². The number of nitrogens with one attached hydrogen (secondary N) is 1. The van der Waals surface area contributed by atoms with Gasteiger partial charge in [0.05, 0.1) is 11.1 Å². The van der Waals surface area contributed by atoms with E-state index in [4.69, 9.17) is 16.9 Å². The molecule has 1 saturated carbocycles. The molecule has 118 valence electrons. The number of carbonyl (C=O) groups excluding carboxylic acids is 1. The van der Waals surface area contributed by atoms with Crippen LogP contribution in [-0.2, 0) is 11.2 Å². The van der Waals surface area contributed by atoms with Crippen LogP contribution in [0.1, 0.15) is 24.8 Å². The maximum atomic E-state index is 12.1. The van der Waals surface area contributed by atoms with Crippen LogP contribution in [0.15, 0.2) is 18.2 Å². The van der Waals surface area contributed by atoms with E-state index >= 15 is 0 Å². The van der Waals surface area contributed by atoms with Gasteiger partial charge >= 0.3 is 6.36 Å². The zero-order valence-electron chi connectivity index (χ0n) is 11.3. The fourth-order valence-corrected chi connectivity index (χ4v) is 2.13. The number of hydrogen-bond acceptors (Lipinski definition) is 3. The molecule has 0 aromatic heterocycles. The molecule has 8 heteroatoms. The molecule has 22 heavy (non-hydrogen) atoms. The Bertz CT molecular complexity index is 621. The average molecular weight is 333 g/mol. The Morgan fingerprint density at radius 3 is 2.64 bits per heavy atom. The molecular weight excluding hydrogens is 321 g/mol. The lowest BCUT2D eigenvalue weighted by Crippen LogP contribution is -2.35. The van der Waals surface area contributed by atoms with Gasteiger partial charge in [0, 0.05) is 6.42 Å². The van der Waals surface area contributed by atoms with Gasteiger partial charge in [0.1, 0.15) is 11.3 Å². The summed E-state index contributed by atoms with van der Waals surface area (Å²) in [6, 6.07) is 5.90. The molecular formula is C14H12ClF3N2O2. The molecule has 2 rings (SSSR count). The molecule has 0 aliphatic heterocycles. The average Bonchev–Trinajstić information content (AvgIpc) is 3.18. The Hall–Kier alpha value is -1.94. The first-order chi connectivity index (χ1) is 10.2. The van der Waals surface area contributed by atoms with Crippen LogP contribution >= 0.6 is 11.6 Å². The van der Waals surface area contributed by atoms with Crippen molar-refractivity contribution in [3.63, 3.8) is 0 Å². The number of nitrogens with zero attached hydrogens (tertiary/aromatic N) is 1. The minimum Gasteiger partial charge on any atom is -0.404 e. The SMILES string of the molecule is N#CC1(NC(=O)CCc2ccc(OC(F)(F)F)c(Cl)c2)CC1. The lowest BCUT2D eigenvalue weighted by atomic mass is 10.1. The Morgan fingerprint density at radius 1 is 1.45 bits per heavy atom. The third-order valence-electron chi connectivity index (χ3n) is 3.21. The molecule has 1 aromatic carbocycles. The third kappa shape index (κ3) is 4.53. The minimum absolute atomic E-state index is 0.124. The molecule has 0 spiro atoms. The zero-order valence-corrected chi connectivity index (χ0v) is 12.1. The van der Waals surface area contributed by atoms with Gasteiger partial charge in [0.2, 0.25) is 5.91 Å². The lowest BCUT2D eigenvalue weighted by Gasteiger charge is -2.12. The van der Waals surface area contributed by atoms with Crippen molar-refractivity contribution >= 4 is 17.5 Å². The number of amides is 1. The van der Waals surface area contributed by atoms with E-state index in [2.05, 4.69) is 10.1 Å². The number of halogens is 4. The molecule has 1 fully saturated rings. The zero-order chi connectivity index (χ0) is 16.4. The predicted octanol–water partition coefficient (Wildman–Crippen LogP) is 3.34. The molecule has 0 saturated heterocycles. The van der Waals surface area contributed by atoms with Crippen molar-refractivity contribution in [1.29, 1.82) is 5.26 Å². The molecule has 0 unspecified atom stereocenters. The monoisotopic (exact) mass is 332 g/mol. The Morgan fingerprint density at radius 2 is 2.14 bits per heavy atom. The molecule has 0 heterocycles. The molecule has 1 N–H and O–H groups in total. The van der Waals surface area contributed by atoms with Crippen molar-refractivity contribution in [3.05, 3.63) is 28.8 Å². The summed E-state index contributed by atoms with van der Waals surface area (Å²) in [6.45, 7) is 0. The number of nitriles is 1. The van der Waals surface area contributed by atoms with E-state index < -0.39 is 17.7 Å². The van der Waals surface area contributed by atoms with E-state index in [1.165, 1.54) is 12.1 Å². The summed E-state index contributed by atoms with van der Waals surface area (Å²) in [5, 5.41) is 11.3. The minimum atomic E-state index is -4.80. The second kappa shape index (κ2) is 6.05. The summed E-state index contributed by atoms with van der Waals surface area (Å²) >= 11 is 5.72. The van der Waals surface area contributed by atoms with Crippen molar-refractivity contribution < 1.29 is 22.7 Å². The normalized spacial score (nSPS) is 15.8. The van der Waals surface area contributed by atoms with Gasteiger partial charge in [-0.1, -0.05) is 17.7 Å². The Labute approximate surface area is 129 Å². The number of carbonyl (C=O) groups is 1. The van der Waals surface area contributed by atoms with Crippen molar-refractivity contribution in [3.8, 4) is 11.8 Å². The lowest BCUT2D eigenvalue weighted by molar-refractivity contribution is -0.274. The van der Waals surface area contributed by atoms with Gasteiger partial charge < -0.3 is 10.1 Å². The summed E-state index contributed by atoms with van der Waals surface area (Å²) < 4.78 is 40.1. The molecule has 1 amide bonds. The smallest absolute Gasteiger partial charge is 0.404 e. The number of alkyl halides is 3. The van der Waals surface area contributed by atoms with Crippen molar-refractivity contribution in [1.82, 2.24) is 5.32 Å². The third-order valence-corrected chi connectivity index (χ3v) is 3.50. The topological polar surface area (TPSA) is 62.1 Å². The van der Waals surface area contributed by atoms with E-state index in [1.807, 2.05) is 6.07 Å². The quantitative estimate of drug-likeness (QED) is 0.899. The second-order valence-electron chi connectivity index (χ2n) is 5.05. The van der Waals surface area contributed by atoms with Crippen LogP contribution in [0.25, 0.3) is 0 Å².